The topological polar surface area (TPSA) is 56.4 Å². The summed E-state index contributed by atoms with van der Waals surface area (Å²) in [6, 6.07) is 22.0. The molecule has 0 unspecified atom stereocenters. The lowest BCUT2D eigenvalue weighted by atomic mass is 9.76. The summed E-state index contributed by atoms with van der Waals surface area (Å²) in [5.41, 5.74) is 3.19. The number of hydrogen-bond donors (Lipinski definition) is 1. The molecule has 1 aromatic heterocycles. The summed E-state index contributed by atoms with van der Waals surface area (Å²) < 4.78 is 13.7. The fourth-order valence-corrected chi connectivity index (χ4v) is 6.12. The SMILES string of the molecule is C[C@]12C(=O)N(CCc3cccc(F)c3)CC(=O)N1C[C@H](c1ccccc1Cl)c1c2[nH]c2ccccc12. The van der Waals surface area contributed by atoms with E-state index in [1.807, 2.05) is 61.5 Å². The Morgan fingerprint density at radius 3 is 2.64 bits per heavy atom. The van der Waals surface area contributed by atoms with Gasteiger partial charge in [-0.2, -0.15) is 0 Å². The number of aromatic amines is 1. The lowest BCUT2D eigenvalue weighted by Gasteiger charge is -2.51. The number of rotatable bonds is 4. The molecule has 1 N–H and O–H groups in total. The molecular formula is C29H25ClFN3O2. The molecule has 2 amide bonds. The van der Waals surface area contributed by atoms with Crippen LogP contribution in [0.5, 0.6) is 0 Å². The number of H-pyrrole nitrogens is 1. The van der Waals surface area contributed by atoms with Crippen LogP contribution in [-0.4, -0.2) is 46.2 Å². The van der Waals surface area contributed by atoms with Crippen molar-refractivity contribution in [3.8, 4) is 0 Å². The molecule has 7 heteroatoms. The van der Waals surface area contributed by atoms with Gasteiger partial charge >= 0.3 is 0 Å². The molecule has 182 valence electrons. The molecule has 0 spiro atoms. The monoisotopic (exact) mass is 501 g/mol. The van der Waals surface area contributed by atoms with Crippen LogP contribution < -0.4 is 0 Å². The molecule has 3 aromatic carbocycles. The van der Waals surface area contributed by atoms with Gasteiger partial charge in [0, 0.05) is 34.9 Å². The van der Waals surface area contributed by atoms with E-state index in [9.17, 15) is 14.0 Å². The van der Waals surface area contributed by atoms with Gasteiger partial charge in [-0.25, -0.2) is 4.39 Å². The Morgan fingerprint density at radius 2 is 1.83 bits per heavy atom. The Hall–Kier alpha value is -3.64. The quantitative estimate of drug-likeness (QED) is 0.416. The second kappa shape index (κ2) is 8.49. The van der Waals surface area contributed by atoms with Crippen molar-refractivity contribution in [2.45, 2.75) is 24.8 Å². The molecule has 0 saturated carbocycles. The Kier molecular flexibility index (Phi) is 5.38. The number of carbonyl (C=O) groups is 2. The van der Waals surface area contributed by atoms with Gasteiger partial charge in [0.15, 0.2) is 5.54 Å². The minimum absolute atomic E-state index is 0.00541. The lowest BCUT2D eigenvalue weighted by Crippen LogP contribution is -2.67. The zero-order valence-electron chi connectivity index (χ0n) is 19.8. The van der Waals surface area contributed by atoms with Crippen LogP contribution in [0.3, 0.4) is 0 Å². The van der Waals surface area contributed by atoms with Gasteiger partial charge in [0.1, 0.15) is 5.82 Å². The van der Waals surface area contributed by atoms with E-state index in [-0.39, 0.29) is 30.1 Å². The maximum absolute atomic E-state index is 14.1. The summed E-state index contributed by atoms with van der Waals surface area (Å²) in [5, 5.41) is 1.66. The third-order valence-electron chi connectivity index (χ3n) is 7.66. The molecule has 2 aliphatic rings. The Labute approximate surface area is 213 Å². The summed E-state index contributed by atoms with van der Waals surface area (Å²) >= 11 is 6.64. The van der Waals surface area contributed by atoms with E-state index >= 15 is 0 Å². The maximum Gasteiger partial charge on any atom is 0.254 e. The molecule has 6 rings (SSSR count). The molecule has 0 aliphatic carbocycles. The highest BCUT2D eigenvalue weighted by Crippen LogP contribution is 2.49. The number of nitrogens with one attached hydrogen (secondary N) is 1. The molecule has 5 nitrogen and oxygen atoms in total. The summed E-state index contributed by atoms with van der Waals surface area (Å²) in [5.74, 6) is -0.734. The smallest absolute Gasteiger partial charge is 0.254 e. The summed E-state index contributed by atoms with van der Waals surface area (Å²) in [4.78, 5) is 34.5. The van der Waals surface area contributed by atoms with E-state index in [1.54, 1.807) is 15.9 Å². The van der Waals surface area contributed by atoms with Crippen molar-refractivity contribution in [2.24, 2.45) is 0 Å². The number of para-hydroxylation sites is 1. The number of aromatic nitrogens is 1. The Morgan fingerprint density at radius 1 is 1.06 bits per heavy atom. The van der Waals surface area contributed by atoms with E-state index in [2.05, 4.69) is 4.98 Å². The fraction of sp³-hybridized carbons (Fsp3) is 0.241. The normalized spacial score (nSPS) is 21.6. The van der Waals surface area contributed by atoms with Gasteiger partial charge in [0.25, 0.3) is 5.91 Å². The summed E-state index contributed by atoms with van der Waals surface area (Å²) in [7, 11) is 0. The van der Waals surface area contributed by atoms with Crippen molar-refractivity contribution in [2.75, 3.05) is 19.6 Å². The first kappa shape index (κ1) is 22.8. The molecule has 2 aliphatic heterocycles. The molecule has 1 saturated heterocycles. The number of carbonyl (C=O) groups excluding carboxylic acids is 2. The first-order chi connectivity index (χ1) is 17.4. The van der Waals surface area contributed by atoms with Crippen LogP contribution in [0.25, 0.3) is 10.9 Å². The van der Waals surface area contributed by atoms with Crippen LogP contribution in [0.1, 0.15) is 35.2 Å². The van der Waals surface area contributed by atoms with Gasteiger partial charge in [-0.3, -0.25) is 9.59 Å². The lowest BCUT2D eigenvalue weighted by molar-refractivity contribution is -0.166. The van der Waals surface area contributed by atoms with E-state index in [4.69, 9.17) is 11.6 Å². The third-order valence-corrected chi connectivity index (χ3v) is 8.00. The highest BCUT2D eigenvalue weighted by Gasteiger charge is 2.56. The van der Waals surface area contributed by atoms with Gasteiger partial charge < -0.3 is 14.8 Å². The van der Waals surface area contributed by atoms with Crippen molar-refractivity contribution < 1.29 is 14.0 Å². The van der Waals surface area contributed by atoms with Crippen molar-refractivity contribution in [3.63, 3.8) is 0 Å². The molecule has 0 bridgehead atoms. The van der Waals surface area contributed by atoms with E-state index in [0.29, 0.717) is 24.5 Å². The average molecular weight is 502 g/mol. The standard InChI is InChI=1S/C29H25ClFN3O2/c1-29-27-26(21-10-3-5-12-24(21)32-27)22(20-9-2-4-11-23(20)30)16-34(29)25(35)17-33(28(29)36)14-13-18-7-6-8-19(31)15-18/h2-12,15,22,32H,13-14,16-17H2,1H3/t22-,29+/m1/s1. The first-order valence-electron chi connectivity index (χ1n) is 12.1. The Balaban J connectivity index is 1.45. The van der Waals surface area contributed by atoms with E-state index in [1.165, 1.54) is 12.1 Å². The first-order valence-corrected chi connectivity index (χ1v) is 12.5. The number of halogens is 2. The largest absolute Gasteiger partial charge is 0.356 e. The number of hydrogen-bond acceptors (Lipinski definition) is 2. The van der Waals surface area contributed by atoms with Crippen LogP contribution >= 0.6 is 11.6 Å². The van der Waals surface area contributed by atoms with Gasteiger partial charge in [-0.05, 0) is 54.3 Å². The maximum atomic E-state index is 14.1. The highest BCUT2D eigenvalue weighted by molar-refractivity contribution is 6.31. The van der Waals surface area contributed by atoms with Crippen molar-refractivity contribution in [1.29, 1.82) is 0 Å². The van der Waals surface area contributed by atoms with Crippen molar-refractivity contribution in [1.82, 2.24) is 14.8 Å². The van der Waals surface area contributed by atoms with E-state index < -0.39 is 5.54 Å². The van der Waals surface area contributed by atoms with Crippen LogP contribution in [0.15, 0.2) is 72.8 Å². The average Bonchev–Trinajstić information content (AvgIpc) is 3.27. The molecule has 1 fully saturated rings. The fourth-order valence-electron chi connectivity index (χ4n) is 5.85. The predicted molar refractivity (Wildman–Crippen MR) is 137 cm³/mol. The Bertz CT molecular complexity index is 1520. The number of piperazine rings is 1. The van der Waals surface area contributed by atoms with Crippen LogP contribution in [0.4, 0.5) is 4.39 Å². The third kappa shape index (κ3) is 3.43. The van der Waals surface area contributed by atoms with Gasteiger partial charge in [0.2, 0.25) is 5.91 Å². The van der Waals surface area contributed by atoms with E-state index in [0.717, 1.165) is 33.3 Å². The molecule has 0 radical (unpaired) electrons. The van der Waals surface area contributed by atoms with Gasteiger partial charge in [-0.15, -0.1) is 0 Å². The highest BCUT2D eigenvalue weighted by atomic mass is 35.5. The number of fused-ring (bicyclic) bond motifs is 5. The molecular weight excluding hydrogens is 477 g/mol. The molecule has 36 heavy (non-hydrogen) atoms. The van der Waals surface area contributed by atoms with Crippen LogP contribution in [0, 0.1) is 5.82 Å². The molecule has 3 heterocycles. The van der Waals surface area contributed by atoms with Crippen LogP contribution in [-0.2, 0) is 21.5 Å². The molecule has 4 aromatic rings. The molecule has 2 atom stereocenters. The second-order valence-corrected chi connectivity index (χ2v) is 10.1. The van der Waals surface area contributed by atoms with Crippen molar-refractivity contribution in [3.05, 3.63) is 106 Å². The number of nitrogens with zero attached hydrogens (tertiary/aromatic N) is 2. The van der Waals surface area contributed by atoms with Crippen LogP contribution in [0.2, 0.25) is 5.02 Å². The zero-order chi connectivity index (χ0) is 25.0. The van der Waals surface area contributed by atoms with Gasteiger partial charge in [0.05, 0.1) is 12.2 Å². The van der Waals surface area contributed by atoms with Crippen molar-refractivity contribution >= 4 is 34.3 Å². The summed E-state index contributed by atoms with van der Waals surface area (Å²) in [6.07, 6.45) is 0.467. The number of amides is 2. The minimum Gasteiger partial charge on any atom is -0.356 e. The minimum atomic E-state index is -1.18. The zero-order valence-corrected chi connectivity index (χ0v) is 20.6. The van der Waals surface area contributed by atoms with Gasteiger partial charge in [-0.1, -0.05) is 60.1 Å². The summed E-state index contributed by atoms with van der Waals surface area (Å²) in [6.45, 7) is 2.52. The second-order valence-electron chi connectivity index (χ2n) is 9.72. The number of benzene rings is 3. The predicted octanol–water partition coefficient (Wildman–Crippen LogP) is 5.23.